The van der Waals surface area contributed by atoms with Gasteiger partial charge in [-0.05, 0) is 83.6 Å². The molecule has 0 bridgehead atoms. The minimum atomic E-state index is 0.0526. The second kappa shape index (κ2) is 23.7. The van der Waals surface area contributed by atoms with Crippen molar-refractivity contribution in [1.29, 1.82) is 0 Å². The van der Waals surface area contributed by atoms with E-state index >= 15 is 0 Å². The van der Waals surface area contributed by atoms with Crippen LogP contribution in [-0.4, -0.2) is 43.7 Å². The molecule has 0 aliphatic rings. The molecule has 0 spiro atoms. The molecule has 0 fully saturated rings. The SMILES string of the molecule is CC=CCCCC(CC/C=C/CCCC(CCC=CC)N=[N+]=[N-])OCCOCCO. The van der Waals surface area contributed by atoms with Crippen LogP contribution in [0.1, 0.15) is 78.1 Å². The predicted octanol–water partition coefficient (Wildman–Crippen LogP) is 6.67. The van der Waals surface area contributed by atoms with Gasteiger partial charge in [-0.2, -0.15) is 0 Å². The molecule has 2 atom stereocenters. The molecule has 0 aliphatic heterocycles. The Morgan fingerprint density at radius 1 is 0.833 bits per heavy atom. The molecule has 0 aromatic rings. The third-order valence-electron chi connectivity index (χ3n) is 4.80. The van der Waals surface area contributed by atoms with E-state index in [0.717, 1.165) is 64.2 Å². The number of ether oxygens (including phenoxy) is 2. The number of aliphatic hydroxyl groups is 1. The molecule has 0 rings (SSSR count). The van der Waals surface area contributed by atoms with Crippen molar-refractivity contribution in [2.75, 3.05) is 26.4 Å². The molecule has 0 radical (unpaired) electrons. The molecule has 30 heavy (non-hydrogen) atoms. The van der Waals surface area contributed by atoms with Crippen LogP contribution >= 0.6 is 0 Å². The van der Waals surface area contributed by atoms with Crippen molar-refractivity contribution in [3.63, 3.8) is 0 Å². The lowest BCUT2D eigenvalue weighted by molar-refractivity contribution is -0.00852. The fraction of sp³-hybridized carbons (Fsp3) is 0.750. The normalized spacial score (nSPS) is 14.0. The Morgan fingerprint density at radius 2 is 1.50 bits per heavy atom. The van der Waals surface area contributed by atoms with E-state index in [9.17, 15) is 0 Å². The van der Waals surface area contributed by atoms with Crippen LogP contribution in [0.3, 0.4) is 0 Å². The number of rotatable bonds is 21. The number of allylic oxidation sites excluding steroid dienone is 6. The Kier molecular flexibility index (Phi) is 22.4. The molecule has 172 valence electrons. The van der Waals surface area contributed by atoms with Gasteiger partial charge in [0.25, 0.3) is 0 Å². The summed E-state index contributed by atoms with van der Waals surface area (Å²) in [6.07, 6.45) is 23.4. The molecule has 0 saturated carbocycles. The van der Waals surface area contributed by atoms with Crippen molar-refractivity contribution in [3.8, 4) is 0 Å². The minimum absolute atomic E-state index is 0.0526. The van der Waals surface area contributed by atoms with Crippen molar-refractivity contribution in [2.24, 2.45) is 5.11 Å². The first kappa shape index (κ1) is 28.4. The number of aliphatic hydroxyl groups excluding tert-OH is 1. The molecule has 0 aromatic carbocycles. The lowest BCUT2D eigenvalue weighted by Crippen LogP contribution is -2.17. The zero-order valence-electron chi connectivity index (χ0n) is 19.1. The maximum absolute atomic E-state index is 8.75. The summed E-state index contributed by atoms with van der Waals surface area (Å²) in [4.78, 5) is 2.98. The summed E-state index contributed by atoms with van der Waals surface area (Å²) in [7, 11) is 0. The molecule has 6 heteroatoms. The first-order valence-corrected chi connectivity index (χ1v) is 11.5. The monoisotopic (exact) mass is 421 g/mol. The Bertz CT molecular complexity index is 500. The van der Waals surface area contributed by atoms with E-state index in [1.54, 1.807) is 0 Å². The van der Waals surface area contributed by atoms with Crippen molar-refractivity contribution >= 4 is 0 Å². The third kappa shape index (κ3) is 19.7. The van der Waals surface area contributed by atoms with Gasteiger partial charge in [0.05, 0.1) is 32.5 Å². The summed E-state index contributed by atoms with van der Waals surface area (Å²) in [5.41, 5.74) is 8.71. The largest absolute Gasteiger partial charge is 0.394 e. The summed E-state index contributed by atoms with van der Waals surface area (Å²) in [6, 6.07) is 0.0996. The number of unbranched alkanes of at least 4 members (excludes halogenated alkanes) is 2. The fourth-order valence-corrected chi connectivity index (χ4v) is 3.16. The second-order valence-corrected chi connectivity index (χ2v) is 7.31. The van der Waals surface area contributed by atoms with Crippen LogP contribution in [-0.2, 0) is 9.47 Å². The van der Waals surface area contributed by atoms with Crippen LogP contribution < -0.4 is 0 Å². The Morgan fingerprint density at radius 3 is 2.23 bits per heavy atom. The second-order valence-electron chi connectivity index (χ2n) is 7.31. The Hall–Kier alpha value is -1.59. The van der Waals surface area contributed by atoms with Gasteiger partial charge in [0.2, 0.25) is 0 Å². The predicted molar refractivity (Wildman–Crippen MR) is 126 cm³/mol. The summed E-state index contributed by atoms with van der Waals surface area (Å²) in [6.45, 7) is 5.59. The average molecular weight is 422 g/mol. The molecule has 0 amide bonds. The highest BCUT2D eigenvalue weighted by Gasteiger charge is 2.08. The quantitative estimate of drug-likeness (QED) is 0.0738. The van der Waals surface area contributed by atoms with E-state index in [1.807, 2.05) is 13.0 Å². The first-order chi connectivity index (χ1) is 14.8. The number of hydrogen-bond donors (Lipinski definition) is 1. The lowest BCUT2D eigenvalue weighted by atomic mass is 10.0. The molecule has 0 saturated heterocycles. The maximum atomic E-state index is 8.75. The van der Waals surface area contributed by atoms with Crippen LogP contribution in [0, 0.1) is 0 Å². The zero-order valence-corrected chi connectivity index (χ0v) is 19.1. The standard InChI is InChI=1S/C24H43N3O3/c1-3-5-7-13-17-24(30-22-21-29-20-19-28)18-14-10-8-9-12-16-23(26-27-25)15-11-6-4-2/h3-6,8,10,23-24,28H,7,9,11-22H2,1-2H3/b5-3?,6-4?,10-8+. The molecular formula is C24H43N3O3. The van der Waals surface area contributed by atoms with Gasteiger partial charge in [-0.3, -0.25) is 0 Å². The first-order valence-electron chi connectivity index (χ1n) is 11.5. The lowest BCUT2D eigenvalue weighted by Gasteiger charge is -2.17. The maximum Gasteiger partial charge on any atom is 0.0704 e. The van der Waals surface area contributed by atoms with Gasteiger partial charge in [0, 0.05) is 11.0 Å². The van der Waals surface area contributed by atoms with E-state index < -0.39 is 0 Å². The molecule has 0 heterocycles. The van der Waals surface area contributed by atoms with E-state index in [0.29, 0.717) is 19.8 Å². The highest BCUT2D eigenvalue weighted by molar-refractivity contribution is 4.85. The van der Waals surface area contributed by atoms with Crippen LogP contribution in [0.4, 0.5) is 0 Å². The van der Waals surface area contributed by atoms with Crippen molar-refractivity contribution < 1.29 is 14.6 Å². The van der Waals surface area contributed by atoms with Gasteiger partial charge in [-0.25, -0.2) is 0 Å². The smallest absolute Gasteiger partial charge is 0.0704 e. The molecule has 6 nitrogen and oxygen atoms in total. The van der Waals surface area contributed by atoms with Crippen molar-refractivity contribution in [3.05, 3.63) is 46.9 Å². The molecule has 2 unspecified atom stereocenters. The molecule has 1 N–H and O–H groups in total. The fourth-order valence-electron chi connectivity index (χ4n) is 3.16. The van der Waals surface area contributed by atoms with Crippen LogP contribution in [0.15, 0.2) is 41.6 Å². The average Bonchev–Trinajstić information content (AvgIpc) is 2.75. The molecule has 0 aliphatic carbocycles. The van der Waals surface area contributed by atoms with Gasteiger partial charge >= 0.3 is 0 Å². The molecule has 0 aromatic heterocycles. The van der Waals surface area contributed by atoms with E-state index in [4.69, 9.17) is 20.1 Å². The van der Waals surface area contributed by atoms with Gasteiger partial charge in [0.15, 0.2) is 0 Å². The third-order valence-corrected chi connectivity index (χ3v) is 4.80. The number of azide groups is 1. The highest BCUT2D eigenvalue weighted by Crippen LogP contribution is 2.14. The van der Waals surface area contributed by atoms with E-state index in [1.165, 1.54) is 0 Å². The van der Waals surface area contributed by atoms with Crippen LogP contribution in [0.25, 0.3) is 10.4 Å². The summed E-state index contributed by atoms with van der Waals surface area (Å²) in [5, 5.41) is 12.7. The van der Waals surface area contributed by atoms with Gasteiger partial charge < -0.3 is 14.6 Å². The number of hydrogen-bond acceptors (Lipinski definition) is 4. The minimum Gasteiger partial charge on any atom is -0.394 e. The van der Waals surface area contributed by atoms with Crippen LogP contribution in [0.5, 0.6) is 0 Å². The van der Waals surface area contributed by atoms with Gasteiger partial charge in [-0.1, -0.05) is 41.6 Å². The zero-order chi connectivity index (χ0) is 22.1. The summed E-state index contributed by atoms with van der Waals surface area (Å²) < 4.78 is 11.3. The van der Waals surface area contributed by atoms with E-state index in [2.05, 4.69) is 47.3 Å². The number of nitrogens with zero attached hydrogens (tertiary/aromatic N) is 3. The summed E-state index contributed by atoms with van der Waals surface area (Å²) >= 11 is 0. The summed E-state index contributed by atoms with van der Waals surface area (Å²) in [5.74, 6) is 0. The van der Waals surface area contributed by atoms with Gasteiger partial charge in [-0.15, -0.1) is 0 Å². The van der Waals surface area contributed by atoms with Gasteiger partial charge in [0.1, 0.15) is 0 Å². The van der Waals surface area contributed by atoms with E-state index in [-0.39, 0.29) is 18.8 Å². The van der Waals surface area contributed by atoms with Crippen LogP contribution in [0.2, 0.25) is 0 Å². The Balaban J connectivity index is 4.09. The van der Waals surface area contributed by atoms with Crippen molar-refractivity contribution in [1.82, 2.24) is 0 Å². The highest BCUT2D eigenvalue weighted by atomic mass is 16.5. The molecular weight excluding hydrogens is 378 g/mol. The van der Waals surface area contributed by atoms with Crippen molar-refractivity contribution in [2.45, 2.75) is 90.2 Å². The topological polar surface area (TPSA) is 87.5 Å². The Labute approximate surface area is 183 Å².